The lowest BCUT2D eigenvalue weighted by Gasteiger charge is -2.41. The van der Waals surface area contributed by atoms with Crippen LogP contribution in [0.15, 0.2) is 36.8 Å². The number of carbonyl (C=O) groups is 1. The zero-order chi connectivity index (χ0) is 24.0. The quantitative estimate of drug-likeness (QED) is 0.594. The number of imidazole rings is 1. The molecular formula is C24H31FN8O. The monoisotopic (exact) mass is 466 g/mol. The largest absolute Gasteiger partial charge is 0.352 e. The number of halogens is 1. The molecule has 3 aromatic heterocycles. The molecule has 1 amide bonds. The van der Waals surface area contributed by atoms with Crippen molar-refractivity contribution >= 4 is 23.3 Å². The molecule has 0 bridgehead atoms. The van der Waals surface area contributed by atoms with Crippen LogP contribution in [0.4, 0.5) is 16.2 Å². The van der Waals surface area contributed by atoms with E-state index in [2.05, 4.69) is 44.3 Å². The molecule has 10 heteroatoms. The Morgan fingerprint density at radius 3 is 2.56 bits per heavy atom. The number of fused-ring (bicyclic) bond motifs is 1. The Balaban J connectivity index is 1.25. The fourth-order valence-corrected chi connectivity index (χ4v) is 4.90. The van der Waals surface area contributed by atoms with Crippen molar-refractivity contribution in [3.05, 3.63) is 48.3 Å². The Morgan fingerprint density at radius 1 is 1.09 bits per heavy atom. The van der Waals surface area contributed by atoms with Crippen LogP contribution < -0.4 is 20.4 Å². The van der Waals surface area contributed by atoms with E-state index >= 15 is 0 Å². The molecule has 2 N–H and O–H groups in total. The molecule has 5 heterocycles. The Morgan fingerprint density at radius 2 is 1.82 bits per heavy atom. The molecule has 2 fully saturated rings. The summed E-state index contributed by atoms with van der Waals surface area (Å²) < 4.78 is 16.6. The molecule has 180 valence electrons. The van der Waals surface area contributed by atoms with E-state index in [-0.39, 0.29) is 17.6 Å². The summed E-state index contributed by atoms with van der Waals surface area (Å²) in [6.07, 6.45) is 4.96. The Labute approximate surface area is 198 Å². The summed E-state index contributed by atoms with van der Waals surface area (Å²) in [4.78, 5) is 30.1. The van der Waals surface area contributed by atoms with Crippen molar-refractivity contribution in [2.75, 3.05) is 36.0 Å². The number of nitrogens with zero attached hydrogens (tertiary/aromatic N) is 6. The molecule has 0 radical (unpaired) electrons. The summed E-state index contributed by atoms with van der Waals surface area (Å²) in [6, 6.07) is 6.40. The normalized spacial score (nSPS) is 21.6. The number of carbonyl (C=O) groups excluding carboxylic acids is 1. The molecule has 0 saturated carbocycles. The number of rotatable bonds is 5. The van der Waals surface area contributed by atoms with Gasteiger partial charge in [-0.1, -0.05) is 6.07 Å². The van der Waals surface area contributed by atoms with Gasteiger partial charge >= 0.3 is 0 Å². The molecule has 0 aliphatic carbocycles. The highest BCUT2D eigenvalue weighted by Gasteiger charge is 2.38. The Hall–Kier alpha value is -3.27. The molecule has 2 aliphatic heterocycles. The lowest BCUT2D eigenvalue weighted by Crippen LogP contribution is -2.57. The second-order valence-electron chi connectivity index (χ2n) is 10.0. The second-order valence-corrected chi connectivity index (χ2v) is 10.0. The van der Waals surface area contributed by atoms with Gasteiger partial charge < -0.3 is 24.8 Å². The predicted octanol–water partition coefficient (Wildman–Crippen LogP) is 1.94. The summed E-state index contributed by atoms with van der Waals surface area (Å²) in [5, 5.41) is 6.62. The third-order valence-electron chi connectivity index (χ3n) is 6.60. The van der Waals surface area contributed by atoms with E-state index in [1.165, 1.54) is 6.20 Å². The highest BCUT2D eigenvalue weighted by molar-refractivity contribution is 5.82. The number of nitrogens with one attached hydrogen (secondary N) is 2. The molecule has 1 unspecified atom stereocenters. The van der Waals surface area contributed by atoms with Gasteiger partial charge in [-0.25, -0.2) is 14.4 Å². The van der Waals surface area contributed by atoms with Crippen molar-refractivity contribution < 1.29 is 9.18 Å². The molecular weight excluding hydrogens is 435 g/mol. The van der Waals surface area contributed by atoms with Crippen LogP contribution in [0.25, 0.3) is 5.65 Å². The van der Waals surface area contributed by atoms with Crippen molar-refractivity contribution in [2.24, 2.45) is 5.92 Å². The van der Waals surface area contributed by atoms with Gasteiger partial charge in [-0.05, 0) is 39.8 Å². The smallest absolute Gasteiger partial charge is 0.227 e. The zero-order valence-electron chi connectivity index (χ0n) is 20.0. The highest BCUT2D eigenvalue weighted by Crippen LogP contribution is 2.29. The molecule has 3 aromatic rings. The third kappa shape index (κ3) is 4.18. The minimum Gasteiger partial charge on any atom is -0.352 e. The van der Waals surface area contributed by atoms with E-state index in [0.29, 0.717) is 31.1 Å². The van der Waals surface area contributed by atoms with Crippen LogP contribution in [0.1, 0.15) is 33.4 Å². The summed E-state index contributed by atoms with van der Waals surface area (Å²) >= 11 is 0. The highest BCUT2D eigenvalue weighted by atomic mass is 19.1. The number of pyridine rings is 1. The van der Waals surface area contributed by atoms with Crippen LogP contribution >= 0.6 is 0 Å². The van der Waals surface area contributed by atoms with Crippen LogP contribution in [0, 0.1) is 11.7 Å². The first kappa shape index (κ1) is 22.5. The fourth-order valence-electron chi connectivity index (χ4n) is 4.90. The van der Waals surface area contributed by atoms with Gasteiger partial charge in [-0.15, -0.1) is 0 Å². The number of hydrogen-bond donors (Lipinski definition) is 2. The molecule has 9 nitrogen and oxygen atoms in total. The first-order chi connectivity index (χ1) is 16.2. The van der Waals surface area contributed by atoms with Crippen LogP contribution in [0.5, 0.6) is 0 Å². The van der Waals surface area contributed by atoms with Crippen LogP contribution in [-0.4, -0.2) is 63.5 Å². The van der Waals surface area contributed by atoms with Gasteiger partial charge in [0.15, 0.2) is 11.6 Å². The lowest BCUT2D eigenvalue weighted by molar-refractivity contribution is -0.127. The van der Waals surface area contributed by atoms with Crippen molar-refractivity contribution in [3.63, 3.8) is 0 Å². The maximum absolute atomic E-state index is 14.6. The number of piperazine rings is 1. The first-order valence-electron chi connectivity index (χ1n) is 11.7. The van der Waals surface area contributed by atoms with Crippen molar-refractivity contribution in [1.29, 1.82) is 0 Å². The van der Waals surface area contributed by atoms with E-state index in [1.54, 1.807) is 11.1 Å². The minimum absolute atomic E-state index is 0.0634. The molecule has 2 atom stereocenters. The minimum atomic E-state index is -0.610. The van der Waals surface area contributed by atoms with Gasteiger partial charge in [-0.3, -0.25) is 4.79 Å². The van der Waals surface area contributed by atoms with Gasteiger partial charge in [0.2, 0.25) is 11.9 Å². The molecule has 2 saturated heterocycles. The summed E-state index contributed by atoms with van der Waals surface area (Å²) in [5.41, 5.74) is 1.12. The Kier molecular flexibility index (Phi) is 5.63. The van der Waals surface area contributed by atoms with Gasteiger partial charge in [0.05, 0.1) is 29.5 Å². The van der Waals surface area contributed by atoms with E-state index in [4.69, 9.17) is 0 Å². The summed E-state index contributed by atoms with van der Waals surface area (Å²) in [6.45, 7) is 10.5. The second kappa shape index (κ2) is 8.50. The molecule has 2 aliphatic rings. The van der Waals surface area contributed by atoms with Gasteiger partial charge in [0.25, 0.3) is 0 Å². The topological polar surface area (TPSA) is 90.7 Å². The maximum Gasteiger partial charge on any atom is 0.227 e. The number of aromatic nitrogens is 4. The molecule has 34 heavy (non-hydrogen) atoms. The summed E-state index contributed by atoms with van der Waals surface area (Å²) in [7, 11) is 0. The SMILES string of the molecule is CC1CN(c2ncc(F)c(N3CC(C(=O)NC(C)(C)c4cnc5ccccn45)C3)n2)C[C@H](C)N1. The van der Waals surface area contributed by atoms with Gasteiger partial charge in [0, 0.05) is 44.5 Å². The molecule has 0 spiro atoms. The van der Waals surface area contributed by atoms with Crippen LogP contribution in [0.3, 0.4) is 0 Å². The predicted molar refractivity (Wildman–Crippen MR) is 128 cm³/mol. The average Bonchev–Trinajstić information content (AvgIpc) is 3.18. The van der Waals surface area contributed by atoms with E-state index in [9.17, 15) is 9.18 Å². The van der Waals surface area contributed by atoms with Crippen molar-refractivity contribution in [2.45, 2.75) is 45.3 Å². The van der Waals surface area contributed by atoms with Gasteiger partial charge in [-0.2, -0.15) is 4.98 Å². The number of anilines is 2. The van der Waals surface area contributed by atoms with Crippen molar-refractivity contribution in [3.8, 4) is 0 Å². The van der Waals surface area contributed by atoms with Gasteiger partial charge in [0.1, 0.15) is 5.65 Å². The number of hydrogen-bond acceptors (Lipinski definition) is 7. The van der Waals surface area contributed by atoms with Crippen LogP contribution in [-0.2, 0) is 10.3 Å². The first-order valence-corrected chi connectivity index (χ1v) is 11.7. The third-order valence-corrected chi connectivity index (χ3v) is 6.60. The van der Waals surface area contributed by atoms with E-state index < -0.39 is 11.4 Å². The average molecular weight is 467 g/mol. The summed E-state index contributed by atoms with van der Waals surface area (Å²) in [5.74, 6) is 0.0131. The standard InChI is InChI=1S/C24H31FN8O/c1-15-11-32(12-16(2)28-15)23-27-9-18(25)21(29-23)31-13-17(14-31)22(34)30-24(3,4)19-10-26-20-7-5-6-8-33(19)20/h5-10,15-17,28H,11-14H2,1-4H3,(H,30,34)/t15-,16?/m0/s1. The van der Waals surface area contributed by atoms with Crippen LogP contribution in [0.2, 0.25) is 0 Å². The number of amides is 1. The zero-order valence-corrected chi connectivity index (χ0v) is 20.0. The Bertz CT molecular complexity index is 1190. The van der Waals surface area contributed by atoms with E-state index in [1.807, 2.05) is 42.6 Å². The fraction of sp³-hybridized carbons (Fsp3) is 0.500. The van der Waals surface area contributed by atoms with E-state index in [0.717, 1.165) is 24.4 Å². The molecule has 5 rings (SSSR count). The van der Waals surface area contributed by atoms with Crippen molar-refractivity contribution in [1.82, 2.24) is 30.0 Å². The molecule has 0 aromatic carbocycles. The maximum atomic E-state index is 14.6. The lowest BCUT2D eigenvalue weighted by atomic mass is 9.95.